The number of carbonyl (C=O) groups excluding carboxylic acids is 2. The predicted octanol–water partition coefficient (Wildman–Crippen LogP) is 2.39. The maximum atomic E-state index is 12.5. The van der Waals surface area contributed by atoms with Crippen molar-refractivity contribution in [1.29, 1.82) is 0 Å². The molecule has 0 spiro atoms. The number of nitrogens with one attached hydrogen (secondary N) is 1. The second-order valence-electron chi connectivity index (χ2n) is 7.78. The smallest absolute Gasteiger partial charge is 0.242 e. The van der Waals surface area contributed by atoms with Crippen LogP contribution in [-0.4, -0.2) is 76.8 Å². The van der Waals surface area contributed by atoms with Crippen LogP contribution in [0.4, 0.5) is 16.8 Å². The third kappa shape index (κ3) is 5.02. The topological polar surface area (TPSA) is 94.6 Å². The van der Waals surface area contributed by atoms with E-state index >= 15 is 0 Å². The molecule has 32 heavy (non-hydrogen) atoms. The summed E-state index contributed by atoms with van der Waals surface area (Å²) in [6.45, 7) is 3.46. The lowest BCUT2D eigenvalue weighted by atomic mass is 10.3. The highest BCUT2D eigenvalue weighted by molar-refractivity contribution is 7.18. The van der Waals surface area contributed by atoms with Gasteiger partial charge in [-0.1, -0.05) is 17.4 Å². The maximum absolute atomic E-state index is 12.5. The van der Waals surface area contributed by atoms with E-state index in [1.807, 2.05) is 42.2 Å². The monoisotopic (exact) mass is 451 g/mol. The Balaban J connectivity index is 1.43. The van der Waals surface area contributed by atoms with Crippen LogP contribution in [0.15, 0.2) is 42.7 Å². The lowest BCUT2D eigenvalue weighted by Gasteiger charge is -2.34. The highest BCUT2D eigenvalue weighted by atomic mass is 32.1. The molecule has 0 aromatic carbocycles. The zero-order chi connectivity index (χ0) is 22.7. The fourth-order valence-electron chi connectivity index (χ4n) is 3.25. The Morgan fingerprint density at radius 3 is 2.78 bits per heavy atom. The van der Waals surface area contributed by atoms with Gasteiger partial charge >= 0.3 is 0 Å². The minimum absolute atomic E-state index is 0.0711. The SMILES string of the molecule is Cc1ccnc(Nc2cccc(-c3cnc(N4CCN(CC(=O)N(C)C)C(=O)C4)s3)n2)c1. The van der Waals surface area contributed by atoms with Crippen molar-refractivity contribution in [3.05, 3.63) is 48.3 Å². The lowest BCUT2D eigenvalue weighted by molar-refractivity contribution is -0.139. The van der Waals surface area contributed by atoms with Crippen LogP contribution in [0.5, 0.6) is 0 Å². The molecule has 1 N–H and O–H groups in total. The molecule has 2 amide bonds. The molecule has 0 saturated carbocycles. The number of piperazine rings is 1. The van der Waals surface area contributed by atoms with Crippen molar-refractivity contribution in [3.8, 4) is 10.6 Å². The Bertz CT molecular complexity index is 1130. The summed E-state index contributed by atoms with van der Waals surface area (Å²) in [5.41, 5.74) is 1.92. The molecule has 1 fully saturated rings. The number of thiazole rings is 1. The molecule has 0 radical (unpaired) electrons. The number of aromatic nitrogens is 3. The fourth-order valence-corrected chi connectivity index (χ4v) is 4.16. The number of anilines is 3. The number of aryl methyl sites for hydroxylation is 1. The van der Waals surface area contributed by atoms with Crippen LogP contribution in [-0.2, 0) is 9.59 Å². The molecule has 3 aromatic rings. The van der Waals surface area contributed by atoms with Crippen LogP contribution < -0.4 is 10.2 Å². The number of carbonyl (C=O) groups is 2. The van der Waals surface area contributed by atoms with Gasteiger partial charge in [-0.15, -0.1) is 0 Å². The van der Waals surface area contributed by atoms with Gasteiger partial charge < -0.3 is 20.0 Å². The molecule has 9 nitrogen and oxygen atoms in total. The lowest BCUT2D eigenvalue weighted by Crippen LogP contribution is -2.53. The van der Waals surface area contributed by atoms with Crippen molar-refractivity contribution in [1.82, 2.24) is 24.8 Å². The summed E-state index contributed by atoms with van der Waals surface area (Å²) in [7, 11) is 3.38. The summed E-state index contributed by atoms with van der Waals surface area (Å²) < 4.78 is 0. The van der Waals surface area contributed by atoms with Gasteiger partial charge in [0.05, 0.1) is 23.7 Å². The van der Waals surface area contributed by atoms with Gasteiger partial charge in [-0.25, -0.2) is 15.0 Å². The summed E-state index contributed by atoms with van der Waals surface area (Å²) in [6.07, 6.45) is 3.54. The van der Waals surface area contributed by atoms with E-state index in [0.717, 1.165) is 27.1 Å². The van der Waals surface area contributed by atoms with Gasteiger partial charge in [-0.05, 0) is 36.8 Å². The highest BCUT2D eigenvalue weighted by Gasteiger charge is 2.27. The zero-order valence-corrected chi connectivity index (χ0v) is 19.1. The summed E-state index contributed by atoms with van der Waals surface area (Å²) in [4.78, 5) is 43.9. The van der Waals surface area contributed by atoms with E-state index in [9.17, 15) is 9.59 Å². The number of amides is 2. The number of hydrogen-bond acceptors (Lipinski definition) is 8. The first kappa shape index (κ1) is 21.7. The number of rotatable bonds is 6. The Labute approximate surface area is 190 Å². The summed E-state index contributed by atoms with van der Waals surface area (Å²) >= 11 is 1.50. The van der Waals surface area contributed by atoms with Crippen molar-refractivity contribution >= 4 is 39.9 Å². The van der Waals surface area contributed by atoms with E-state index in [0.29, 0.717) is 18.9 Å². The van der Waals surface area contributed by atoms with Gasteiger partial charge in [0.1, 0.15) is 11.6 Å². The Morgan fingerprint density at radius 1 is 1.19 bits per heavy atom. The summed E-state index contributed by atoms with van der Waals surface area (Å²) in [6, 6.07) is 9.66. The molecule has 0 aliphatic carbocycles. The second kappa shape index (κ2) is 9.31. The van der Waals surface area contributed by atoms with E-state index in [4.69, 9.17) is 0 Å². The molecule has 1 aliphatic heterocycles. The Kier molecular flexibility index (Phi) is 6.31. The number of pyridine rings is 2. The molecule has 0 atom stereocenters. The van der Waals surface area contributed by atoms with Crippen molar-refractivity contribution in [3.63, 3.8) is 0 Å². The second-order valence-corrected chi connectivity index (χ2v) is 8.79. The zero-order valence-electron chi connectivity index (χ0n) is 18.3. The van der Waals surface area contributed by atoms with Gasteiger partial charge in [-0.2, -0.15) is 0 Å². The average Bonchev–Trinajstić information content (AvgIpc) is 3.25. The molecule has 1 saturated heterocycles. The molecule has 10 heteroatoms. The van der Waals surface area contributed by atoms with Gasteiger partial charge in [0, 0.05) is 39.6 Å². The van der Waals surface area contributed by atoms with E-state index in [2.05, 4.69) is 20.3 Å². The average molecular weight is 452 g/mol. The molecule has 3 aromatic heterocycles. The number of nitrogens with zero attached hydrogens (tertiary/aromatic N) is 6. The van der Waals surface area contributed by atoms with Crippen LogP contribution in [0, 0.1) is 6.92 Å². The van der Waals surface area contributed by atoms with Crippen LogP contribution >= 0.6 is 11.3 Å². The third-order valence-corrected chi connectivity index (χ3v) is 6.16. The molecular formula is C22H25N7O2S. The van der Waals surface area contributed by atoms with Crippen LogP contribution in [0.1, 0.15) is 5.56 Å². The number of hydrogen-bond donors (Lipinski definition) is 1. The van der Waals surface area contributed by atoms with Crippen molar-refractivity contribution < 1.29 is 9.59 Å². The van der Waals surface area contributed by atoms with E-state index < -0.39 is 0 Å². The van der Waals surface area contributed by atoms with Gasteiger partial charge in [0.2, 0.25) is 11.8 Å². The Hall–Kier alpha value is -3.53. The third-order valence-electron chi connectivity index (χ3n) is 5.08. The molecule has 4 heterocycles. The molecule has 166 valence electrons. The fraction of sp³-hybridized carbons (Fsp3) is 0.318. The van der Waals surface area contributed by atoms with Gasteiger partial charge in [-0.3, -0.25) is 9.59 Å². The largest absolute Gasteiger partial charge is 0.347 e. The van der Waals surface area contributed by atoms with Crippen molar-refractivity contribution in [2.75, 3.05) is 50.5 Å². The summed E-state index contributed by atoms with van der Waals surface area (Å²) in [5.74, 6) is 1.29. The first-order valence-electron chi connectivity index (χ1n) is 10.2. The van der Waals surface area contributed by atoms with Gasteiger partial charge in [0.15, 0.2) is 5.13 Å². The maximum Gasteiger partial charge on any atom is 0.242 e. The van der Waals surface area contributed by atoms with Crippen LogP contribution in [0.2, 0.25) is 0 Å². The van der Waals surface area contributed by atoms with E-state index in [1.54, 1.807) is 31.4 Å². The van der Waals surface area contributed by atoms with Crippen LogP contribution in [0.3, 0.4) is 0 Å². The molecular weight excluding hydrogens is 426 g/mol. The molecule has 1 aliphatic rings. The quantitative estimate of drug-likeness (QED) is 0.615. The predicted molar refractivity (Wildman–Crippen MR) is 125 cm³/mol. The normalized spacial score (nSPS) is 13.9. The molecule has 4 rings (SSSR count). The Morgan fingerprint density at radius 2 is 2.03 bits per heavy atom. The van der Waals surface area contributed by atoms with E-state index in [-0.39, 0.29) is 24.9 Å². The van der Waals surface area contributed by atoms with Crippen LogP contribution in [0.25, 0.3) is 10.6 Å². The number of likely N-dealkylation sites (N-methyl/N-ethyl adjacent to an activating group) is 1. The van der Waals surface area contributed by atoms with E-state index in [1.165, 1.54) is 16.2 Å². The van der Waals surface area contributed by atoms with Crippen molar-refractivity contribution in [2.24, 2.45) is 0 Å². The standard InChI is InChI=1S/C22H25N7O2S/c1-15-7-8-23-19(11-15)26-18-6-4-5-16(25-18)17-12-24-22(32-17)29-10-9-28(21(31)14-29)13-20(30)27(2)3/h4-8,11-12H,9-10,13-14H2,1-3H3,(H,23,25,26). The molecule has 0 bridgehead atoms. The molecule has 0 unspecified atom stereocenters. The minimum atomic E-state index is -0.0798. The highest BCUT2D eigenvalue weighted by Crippen LogP contribution is 2.31. The first-order chi connectivity index (χ1) is 15.4. The van der Waals surface area contributed by atoms with Gasteiger partial charge in [0.25, 0.3) is 0 Å². The summed E-state index contributed by atoms with van der Waals surface area (Å²) in [5, 5.41) is 4.00. The first-order valence-corrected chi connectivity index (χ1v) is 11.1. The van der Waals surface area contributed by atoms with Crippen molar-refractivity contribution in [2.45, 2.75) is 6.92 Å². The minimum Gasteiger partial charge on any atom is -0.347 e.